The maximum absolute atomic E-state index is 12.5. The number of hydrogen-bond donors (Lipinski definition) is 2. The Kier molecular flexibility index (Phi) is 4.02. The SMILES string of the molecule is COc1ccc2c(c1)CCC[C@H]2NC(=O)c1sc(N)nc1C. The first-order chi connectivity index (χ1) is 10.6. The molecule has 0 fully saturated rings. The van der Waals surface area contributed by atoms with E-state index in [1.165, 1.54) is 22.5 Å². The van der Waals surface area contributed by atoms with Crippen molar-refractivity contribution < 1.29 is 9.53 Å². The molecule has 1 aromatic heterocycles. The summed E-state index contributed by atoms with van der Waals surface area (Å²) in [5.74, 6) is 0.761. The third-order valence-electron chi connectivity index (χ3n) is 3.99. The fourth-order valence-corrected chi connectivity index (χ4v) is 3.66. The van der Waals surface area contributed by atoms with Gasteiger partial charge >= 0.3 is 0 Å². The average Bonchev–Trinajstić information content (AvgIpc) is 2.85. The lowest BCUT2D eigenvalue weighted by atomic mass is 9.87. The number of nitrogens with two attached hydrogens (primary N) is 1. The van der Waals surface area contributed by atoms with Gasteiger partial charge in [-0.25, -0.2) is 4.98 Å². The van der Waals surface area contributed by atoms with Crippen molar-refractivity contribution in [1.82, 2.24) is 10.3 Å². The maximum atomic E-state index is 12.5. The van der Waals surface area contributed by atoms with Crippen LogP contribution in [0.5, 0.6) is 5.75 Å². The largest absolute Gasteiger partial charge is 0.497 e. The number of anilines is 1. The number of methoxy groups -OCH3 is 1. The van der Waals surface area contributed by atoms with Gasteiger partial charge in [-0.1, -0.05) is 17.4 Å². The Morgan fingerprint density at radius 3 is 3.00 bits per heavy atom. The van der Waals surface area contributed by atoms with E-state index in [1.807, 2.05) is 12.1 Å². The molecule has 116 valence electrons. The fraction of sp³-hybridized carbons (Fsp3) is 0.375. The number of hydrogen-bond acceptors (Lipinski definition) is 5. The smallest absolute Gasteiger partial charge is 0.263 e. The van der Waals surface area contributed by atoms with Gasteiger partial charge in [-0.05, 0) is 49.4 Å². The molecule has 0 saturated carbocycles. The van der Waals surface area contributed by atoms with Crippen LogP contribution in [0.25, 0.3) is 0 Å². The summed E-state index contributed by atoms with van der Waals surface area (Å²) in [4.78, 5) is 17.2. The molecule has 0 spiro atoms. The number of benzene rings is 1. The van der Waals surface area contributed by atoms with Gasteiger partial charge in [-0.3, -0.25) is 4.79 Å². The number of rotatable bonds is 3. The Hall–Kier alpha value is -2.08. The van der Waals surface area contributed by atoms with Gasteiger partial charge in [0, 0.05) is 0 Å². The molecule has 1 aliphatic carbocycles. The Morgan fingerprint density at radius 2 is 2.32 bits per heavy atom. The molecule has 3 rings (SSSR count). The van der Waals surface area contributed by atoms with Gasteiger partial charge in [0.05, 0.1) is 18.8 Å². The van der Waals surface area contributed by atoms with Crippen LogP contribution in [-0.2, 0) is 6.42 Å². The number of nitrogen functional groups attached to an aromatic ring is 1. The number of nitrogens with zero attached hydrogens (tertiary/aromatic N) is 1. The summed E-state index contributed by atoms with van der Waals surface area (Å²) >= 11 is 1.23. The van der Waals surface area contributed by atoms with Gasteiger partial charge in [0.1, 0.15) is 10.6 Å². The normalized spacial score (nSPS) is 16.9. The zero-order chi connectivity index (χ0) is 15.7. The highest BCUT2D eigenvalue weighted by Crippen LogP contribution is 2.32. The van der Waals surface area contributed by atoms with Crippen LogP contribution in [0.4, 0.5) is 5.13 Å². The third kappa shape index (κ3) is 2.78. The van der Waals surface area contributed by atoms with E-state index < -0.39 is 0 Å². The molecule has 2 aromatic rings. The van der Waals surface area contributed by atoms with E-state index in [0.717, 1.165) is 25.0 Å². The summed E-state index contributed by atoms with van der Waals surface area (Å²) in [5, 5.41) is 3.55. The Bertz CT molecular complexity index is 711. The second kappa shape index (κ2) is 5.96. The highest BCUT2D eigenvalue weighted by molar-refractivity contribution is 7.17. The van der Waals surface area contributed by atoms with Crippen molar-refractivity contribution in [3.8, 4) is 5.75 Å². The molecule has 6 heteroatoms. The Morgan fingerprint density at radius 1 is 1.50 bits per heavy atom. The number of carbonyl (C=O) groups excluding carboxylic acids is 1. The molecule has 1 aromatic carbocycles. The third-order valence-corrected chi connectivity index (χ3v) is 4.97. The van der Waals surface area contributed by atoms with Crippen LogP contribution in [-0.4, -0.2) is 18.0 Å². The lowest BCUT2D eigenvalue weighted by Gasteiger charge is -2.26. The van der Waals surface area contributed by atoms with Crippen LogP contribution in [0.3, 0.4) is 0 Å². The minimum Gasteiger partial charge on any atom is -0.497 e. The lowest BCUT2D eigenvalue weighted by molar-refractivity contribution is 0.0936. The zero-order valence-corrected chi connectivity index (χ0v) is 13.5. The topological polar surface area (TPSA) is 77.2 Å². The van der Waals surface area contributed by atoms with Crippen LogP contribution in [0.15, 0.2) is 18.2 Å². The van der Waals surface area contributed by atoms with Crippen molar-refractivity contribution in [1.29, 1.82) is 0 Å². The van der Waals surface area contributed by atoms with Crippen molar-refractivity contribution in [2.45, 2.75) is 32.2 Å². The summed E-state index contributed by atoms with van der Waals surface area (Å²) < 4.78 is 5.28. The van der Waals surface area contributed by atoms with Crippen molar-refractivity contribution in [3.05, 3.63) is 39.9 Å². The van der Waals surface area contributed by atoms with Crippen LogP contribution >= 0.6 is 11.3 Å². The van der Waals surface area contributed by atoms with E-state index >= 15 is 0 Å². The molecule has 0 radical (unpaired) electrons. The van der Waals surface area contributed by atoms with E-state index in [0.29, 0.717) is 15.7 Å². The Labute approximate surface area is 133 Å². The number of ether oxygens (including phenoxy) is 1. The molecular weight excluding hydrogens is 298 g/mol. The highest BCUT2D eigenvalue weighted by Gasteiger charge is 2.24. The summed E-state index contributed by atoms with van der Waals surface area (Å²) in [6.07, 6.45) is 3.01. The quantitative estimate of drug-likeness (QED) is 0.912. The summed E-state index contributed by atoms with van der Waals surface area (Å²) in [5.41, 5.74) is 8.78. The number of thiazole rings is 1. The molecule has 1 atom stereocenters. The molecule has 1 heterocycles. The van der Waals surface area contributed by atoms with E-state index in [-0.39, 0.29) is 11.9 Å². The van der Waals surface area contributed by atoms with Crippen molar-refractivity contribution in [2.24, 2.45) is 0 Å². The van der Waals surface area contributed by atoms with E-state index in [4.69, 9.17) is 10.5 Å². The first-order valence-corrected chi connectivity index (χ1v) is 8.10. The van der Waals surface area contributed by atoms with Crippen molar-refractivity contribution >= 4 is 22.4 Å². The van der Waals surface area contributed by atoms with Gasteiger partial charge < -0.3 is 15.8 Å². The number of aryl methyl sites for hydroxylation is 2. The van der Waals surface area contributed by atoms with Crippen molar-refractivity contribution in [2.75, 3.05) is 12.8 Å². The van der Waals surface area contributed by atoms with Crippen LogP contribution in [0.1, 0.15) is 45.4 Å². The highest BCUT2D eigenvalue weighted by atomic mass is 32.1. The predicted molar refractivity (Wildman–Crippen MR) is 87.4 cm³/mol. The molecule has 0 unspecified atom stereocenters. The van der Waals surface area contributed by atoms with Crippen molar-refractivity contribution in [3.63, 3.8) is 0 Å². The zero-order valence-electron chi connectivity index (χ0n) is 12.7. The molecule has 0 saturated heterocycles. The Balaban J connectivity index is 1.82. The lowest BCUT2D eigenvalue weighted by Crippen LogP contribution is -2.30. The molecule has 0 bridgehead atoms. The van der Waals surface area contributed by atoms with Gasteiger partial charge in [0.15, 0.2) is 5.13 Å². The van der Waals surface area contributed by atoms with Gasteiger partial charge in [-0.2, -0.15) is 0 Å². The van der Waals surface area contributed by atoms with E-state index in [2.05, 4.69) is 16.4 Å². The molecule has 3 N–H and O–H groups in total. The molecule has 5 nitrogen and oxygen atoms in total. The summed E-state index contributed by atoms with van der Waals surface area (Å²) in [7, 11) is 1.67. The first-order valence-electron chi connectivity index (χ1n) is 7.29. The van der Waals surface area contributed by atoms with E-state index in [1.54, 1.807) is 14.0 Å². The van der Waals surface area contributed by atoms with Crippen LogP contribution in [0, 0.1) is 6.92 Å². The summed E-state index contributed by atoms with van der Waals surface area (Å²) in [6, 6.07) is 6.08. The molecule has 22 heavy (non-hydrogen) atoms. The maximum Gasteiger partial charge on any atom is 0.263 e. The molecule has 1 aliphatic rings. The number of amides is 1. The van der Waals surface area contributed by atoms with Crippen LogP contribution in [0.2, 0.25) is 0 Å². The number of fused-ring (bicyclic) bond motifs is 1. The average molecular weight is 317 g/mol. The van der Waals surface area contributed by atoms with Gasteiger partial charge in [0.2, 0.25) is 0 Å². The number of carbonyl (C=O) groups is 1. The van der Waals surface area contributed by atoms with Gasteiger partial charge in [0.25, 0.3) is 5.91 Å². The predicted octanol–water partition coefficient (Wildman–Crippen LogP) is 2.85. The first kappa shape index (κ1) is 14.8. The standard InChI is InChI=1S/C16H19N3O2S/c1-9-14(22-16(17)18-9)15(20)19-13-5-3-4-10-8-11(21-2)6-7-12(10)13/h6-8,13H,3-5H2,1-2H3,(H2,17,18)(H,19,20)/t13-/m1/s1. The minimum atomic E-state index is -0.0969. The molecule has 0 aliphatic heterocycles. The minimum absolute atomic E-state index is 0.0323. The second-order valence-corrected chi connectivity index (χ2v) is 6.48. The summed E-state index contributed by atoms with van der Waals surface area (Å²) in [6.45, 7) is 1.81. The number of aromatic nitrogens is 1. The van der Waals surface area contributed by atoms with Gasteiger partial charge in [-0.15, -0.1) is 0 Å². The fourth-order valence-electron chi connectivity index (χ4n) is 2.92. The van der Waals surface area contributed by atoms with Crippen LogP contribution < -0.4 is 15.8 Å². The van der Waals surface area contributed by atoms with E-state index in [9.17, 15) is 4.79 Å². The number of nitrogens with one attached hydrogen (secondary N) is 1. The monoisotopic (exact) mass is 317 g/mol. The second-order valence-electron chi connectivity index (χ2n) is 5.45. The molecule has 1 amide bonds. The molecular formula is C16H19N3O2S.